The number of hydrogen-bond acceptors (Lipinski definition) is 4. The highest BCUT2D eigenvalue weighted by atomic mass is 35.5. The number of aromatic hydroxyl groups is 1. The maximum Gasteiger partial charge on any atom is 0.138 e. The highest BCUT2D eigenvalue weighted by molar-refractivity contribution is 6.29. The van der Waals surface area contributed by atoms with E-state index in [0.29, 0.717) is 17.0 Å². The highest BCUT2D eigenvalue weighted by Crippen LogP contribution is 2.31. The zero-order valence-electron chi connectivity index (χ0n) is 11.9. The van der Waals surface area contributed by atoms with Crippen LogP contribution in [0.1, 0.15) is 5.56 Å². The molecule has 0 amide bonds. The van der Waals surface area contributed by atoms with Crippen molar-refractivity contribution in [2.45, 2.75) is 0 Å². The molecule has 0 bridgehead atoms. The van der Waals surface area contributed by atoms with E-state index in [0.717, 1.165) is 5.75 Å². The minimum absolute atomic E-state index is 0.0890. The van der Waals surface area contributed by atoms with Crippen LogP contribution in [0.15, 0.2) is 60.7 Å². The summed E-state index contributed by atoms with van der Waals surface area (Å²) in [4.78, 5) is 4.13. The molecule has 0 fully saturated rings. The van der Waals surface area contributed by atoms with Crippen LogP contribution in [0.5, 0.6) is 17.2 Å². The predicted octanol–water partition coefficient (Wildman–Crippen LogP) is 4.77. The minimum Gasteiger partial charge on any atom is -0.506 e. The summed E-state index contributed by atoms with van der Waals surface area (Å²) >= 11 is 5.86. The summed E-state index contributed by atoms with van der Waals surface area (Å²) in [6.07, 6.45) is 0. The van der Waals surface area contributed by atoms with Crippen LogP contribution in [0.2, 0.25) is 5.15 Å². The Kier molecular flexibility index (Phi) is 4.13. The summed E-state index contributed by atoms with van der Waals surface area (Å²) in [5.41, 5.74) is 1.09. The molecule has 0 spiro atoms. The fourth-order valence-electron chi connectivity index (χ4n) is 2.13. The van der Waals surface area contributed by atoms with Crippen molar-refractivity contribution < 1.29 is 9.84 Å². The number of rotatable bonds is 3. The van der Waals surface area contributed by atoms with Crippen LogP contribution < -0.4 is 4.74 Å². The average molecular weight is 323 g/mol. The van der Waals surface area contributed by atoms with Crippen LogP contribution in [0.4, 0.5) is 0 Å². The number of pyridine rings is 1. The predicted molar refractivity (Wildman–Crippen MR) is 87.6 cm³/mol. The van der Waals surface area contributed by atoms with E-state index in [4.69, 9.17) is 16.3 Å². The molecule has 3 rings (SSSR count). The fourth-order valence-corrected chi connectivity index (χ4v) is 2.31. The van der Waals surface area contributed by atoms with E-state index < -0.39 is 0 Å². The maximum absolute atomic E-state index is 9.81. The van der Waals surface area contributed by atoms with Gasteiger partial charge in [-0.15, -0.1) is 0 Å². The average Bonchev–Trinajstić information content (AvgIpc) is 2.56. The molecule has 1 N–H and O–H groups in total. The van der Waals surface area contributed by atoms with Crippen molar-refractivity contribution >= 4 is 11.6 Å². The maximum atomic E-state index is 9.81. The molecule has 4 nitrogen and oxygen atoms in total. The summed E-state index contributed by atoms with van der Waals surface area (Å²) in [5, 5.41) is 19.1. The lowest BCUT2D eigenvalue weighted by molar-refractivity contribution is 0.473. The highest BCUT2D eigenvalue weighted by Gasteiger charge is 2.13. The Morgan fingerprint density at radius 3 is 2.30 bits per heavy atom. The normalized spacial score (nSPS) is 10.1. The number of ether oxygens (including phenoxy) is 1. The third-order valence-electron chi connectivity index (χ3n) is 3.19. The van der Waals surface area contributed by atoms with Gasteiger partial charge in [0.25, 0.3) is 0 Å². The Labute approximate surface area is 138 Å². The van der Waals surface area contributed by atoms with Gasteiger partial charge in [0.1, 0.15) is 34.0 Å². The quantitative estimate of drug-likeness (QED) is 0.705. The monoisotopic (exact) mass is 322 g/mol. The Morgan fingerprint density at radius 2 is 1.65 bits per heavy atom. The molecule has 1 aromatic heterocycles. The number of halogens is 1. The van der Waals surface area contributed by atoms with E-state index in [2.05, 4.69) is 4.98 Å². The lowest BCUT2D eigenvalue weighted by atomic mass is 10.1. The van der Waals surface area contributed by atoms with Crippen molar-refractivity contribution in [3.8, 4) is 34.6 Å². The molecule has 1 heterocycles. The van der Waals surface area contributed by atoms with Crippen LogP contribution in [-0.4, -0.2) is 10.1 Å². The zero-order valence-corrected chi connectivity index (χ0v) is 12.7. The second-order valence-corrected chi connectivity index (χ2v) is 5.13. The van der Waals surface area contributed by atoms with Gasteiger partial charge in [0.15, 0.2) is 0 Å². The number of para-hydroxylation sites is 1. The zero-order chi connectivity index (χ0) is 16.2. The Morgan fingerprint density at radius 1 is 1.00 bits per heavy atom. The summed E-state index contributed by atoms with van der Waals surface area (Å²) in [6, 6.07) is 19.7. The van der Waals surface area contributed by atoms with Crippen molar-refractivity contribution in [2.24, 2.45) is 0 Å². The number of nitriles is 1. The summed E-state index contributed by atoms with van der Waals surface area (Å²) < 4.78 is 5.71. The van der Waals surface area contributed by atoms with Gasteiger partial charge < -0.3 is 9.84 Å². The van der Waals surface area contributed by atoms with E-state index in [1.807, 2.05) is 36.4 Å². The number of nitrogens with zero attached hydrogens (tertiary/aromatic N) is 2. The van der Waals surface area contributed by atoms with Crippen LogP contribution in [0.25, 0.3) is 11.3 Å². The molecule has 5 heteroatoms. The Hall–Kier alpha value is -3.03. The first-order chi connectivity index (χ1) is 11.2. The SMILES string of the molecule is N#Cc1c(O)cc(Cl)nc1-c1ccc(Oc2ccccc2)cc1. The molecular formula is C18H11ClN2O2. The van der Waals surface area contributed by atoms with E-state index in [9.17, 15) is 10.4 Å². The molecule has 23 heavy (non-hydrogen) atoms. The van der Waals surface area contributed by atoms with Gasteiger partial charge in [-0.05, 0) is 36.4 Å². The largest absolute Gasteiger partial charge is 0.506 e. The van der Waals surface area contributed by atoms with Gasteiger partial charge in [0.05, 0.1) is 5.69 Å². The van der Waals surface area contributed by atoms with Gasteiger partial charge in [0.2, 0.25) is 0 Å². The first-order valence-corrected chi connectivity index (χ1v) is 7.18. The summed E-state index contributed by atoms with van der Waals surface area (Å²) in [7, 11) is 0. The van der Waals surface area contributed by atoms with Crippen molar-refractivity contribution in [1.29, 1.82) is 5.26 Å². The number of benzene rings is 2. The van der Waals surface area contributed by atoms with Crippen molar-refractivity contribution in [3.63, 3.8) is 0 Å². The summed E-state index contributed by atoms with van der Waals surface area (Å²) in [6.45, 7) is 0. The van der Waals surface area contributed by atoms with Crippen molar-refractivity contribution in [3.05, 3.63) is 71.4 Å². The molecule has 0 atom stereocenters. The molecule has 0 aliphatic carbocycles. The van der Waals surface area contributed by atoms with Gasteiger partial charge in [-0.25, -0.2) is 4.98 Å². The Bertz CT molecular complexity index is 872. The topological polar surface area (TPSA) is 66.1 Å². The van der Waals surface area contributed by atoms with Crippen LogP contribution >= 0.6 is 11.6 Å². The third-order valence-corrected chi connectivity index (χ3v) is 3.38. The molecule has 0 saturated heterocycles. The third kappa shape index (κ3) is 3.25. The molecule has 112 valence electrons. The standard InChI is InChI=1S/C18H11ClN2O2/c19-17-10-16(22)15(11-20)18(21-17)12-6-8-14(9-7-12)23-13-4-2-1-3-5-13/h1-10H,(H,21,22). The van der Waals surface area contributed by atoms with Crippen molar-refractivity contribution in [1.82, 2.24) is 4.98 Å². The summed E-state index contributed by atoms with van der Waals surface area (Å²) in [5.74, 6) is 1.20. The smallest absolute Gasteiger partial charge is 0.138 e. The molecule has 3 aromatic rings. The molecule has 2 aromatic carbocycles. The lowest BCUT2D eigenvalue weighted by Crippen LogP contribution is -1.91. The van der Waals surface area contributed by atoms with Crippen LogP contribution in [0.3, 0.4) is 0 Å². The second-order valence-electron chi connectivity index (χ2n) is 4.74. The van der Waals surface area contributed by atoms with Crippen LogP contribution in [-0.2, 0) is 0 Å². The van der Waals surface area contributed by atoms with Crippen molar-refractivity contribution in [2.75, 3.05) is 0 Å². The molecular weight excluding hydrogens is 312 g/mol. The molecule has 0 unspecified atom stereocenters. The lowest BCUT2D eigenvalue weighted by Gasteiger charge is -2.08. The van der Waals surface area contributed by atoms with Gasteiger partial charge in [0, 0.05) is 11.6 Å². The van der Waals surface area contributed by atoms with E-state index in [1.54, 1.807) is 24.3 Å². The van der Waals surface area contributed by atoms with E-state index in [-0.39, 0.29) is 16.5 Å². The minimum atomic E-state index is -0.188. The molecule has 0 radical (unpaired) electrons. The first kappa shape index (κ1) is 14.9. The van der Waals surface area contributed by atoms with Gasteiger partial charge in [-0.3, -0.25) is 0 Å². The first-order valence-electron chi connectivity index (χ1n) is 6.80. The molecule has 0 saturated carbocycles. The number of hydrogen-bond donors (Lipinski definition) is 1. The van der Waals surface area contributed by atoms with Gasteiger partial charge in [-0.2, -0.15) is 5.26 Å². The fraction of sp³-hybridized carbons (Fsp3) is 0. The second kappa shape index (κ2) is 6.39. The Balaban J connectivity index is 1.93. The van der Waals surface area contributed by atoms with E-state index in [1.165, 1.54) is 6.07 Å². The van der Waals surface area contributed by atoms with Crippen LogP contribution in [0, 0.1) is 11.3 Å². The van der Waals surface area contributed by atoms with E-state index >= 15 is 0 Å². The number of aromatic nitrogens is 1. The molecule has 0 aliphatic heterocycles. The molecule has 0 aliphatic rings. The van der Waals surface area contributed by atoms with Gasteiger partial charge in [-0.1, -0.05) is 29.8 Å². The van der Waals surface area contributed by atoms with Gasteiger partial charge >= 0.3 is 0 Å².